The van der Waals surface area contributed by atoms with Crippen LogP contribution >= 0.6 is 11.6 Å². The molecule has 2 N–H and O–H groups in total. The van der Waals surface area contributed by atoms with Crippen molar-refractivity contribution in [3.8, 4) is 5.75 Å². The summed E-state index contributed by atoms with van der Waals surface area (Å²) in [5, 5.41) is 6.43. The van der Waals surface area contributed by atoms with E-state index in [4.69, 9.17) is 21.1 Å². The molecule has 1 aliphatic carbocycles. The van der Waals surface area contributed by atoms with Crippen molar-refractivity contribution in [3.63, 3.8) is 0 Å². The van der Waals surface area contributed by atoms with Crippen molar-refractivity contribution in [2.24, 2.45) is 5.92 Å². The molecule has 7 heteroatoms. The summed E-state index contributed by atoms with van der Waals surface area (Å²) in [6.07, 6.45) is 3.92. The van der Waals surface area contributed by atoms with Crippen molar-refractivity contribution >= 4 is 17.7 Å². The first-order valence-electron chi connectivity index (χ1n) is 9.51. The Morgan fingerprint density at radius 1 is 1.26 bits per heavy atom. The highest BCUT2D eigenvalue weighted by molar-refractivity contribution is 6.30. The standard InChI is InChI=1S/C20H30ClFN2O3/c1-20(2,3)27-19(25)24-13-14-4-6-15(7-5-14)23-10-11-26-16-8-9-17(21)18(22)12-16/h8-9,12,14-15,23H,4-7,10-11,13H2,1-3H3,(H,24,25). The van der Waals surface area contributed by atoms with E-state index >= 15 is 0 Å². The van der Waals surface area contributed by atoms with Gasteiger partial charge in [0.05, 0.1) is 5.02 Å². The molecule has 0 radical (unpaired) electrons. The molecule has 1 aliphatic rings. The highest BCUT2D eigenvalue weighted by Gasteiger charge is 2.22. The molecule has 2 rings (SSSR count). The average Bonchev–Trinajstić information content (AvgIpc) is 2.59. The molecule has 1 amide bonds. The van der Waals surface area contributed by atoms with Crippen molar-refractivity contribution < 1.29 is 18.7 Å². The molecule has 0 bridgehead atoms. The maximum absolute atomic E-state index is 13.3. The van der Waals surface area contributed by atoms with Crippen molar-refractivity contribution in [1.82, 2.24) is 10.6 Å². The molecule has 1 aromatic rings. The van der Waals surface area contributed by atoms with Gasteiger partial charge in [0.15, 0.2) is 0 Å². The monoisotopic (exact) mass is 400 g/mol. The summed E-state index contributed by atoms with van der Waals surface area (Å²) in [6, 6.07) is 4.90. The van der Waals surface area contributed by atoms with Gasteiger partial charge in [-0.1, -0.05) is 11.6 Å². The molecule has 0 heterocycles. The topological polar surface area (TPSA) is 59.6 Å². The predicted molar refractivity (Wildman–Crippen MR) is 105 cm³/mol. The number of hydrogen-bond donors (Lipinski definition) is 2. The zero-order valence-corrected chi connectivity index (χ0v) is 17.1. The molecule has 0 aliphatic heterocycles. The summed E-state index contributed by atoms with van der Waals surface area (Å²) in [5.74, 6) is 0.500. The van der Waals surface area contributed by atoms with E-state index in [0.29, 0.717) is 37.4 Å². The summed E-state index contributed by atoms with van der Waals surface area (Å²) >= 11 is 5.65. The van der Waals surface area contributed by atoms with Gasteiger partial charge in [-0.15, -0.1) is 0 Å². The number of nitrogens with one attached hydrogen (secondary N) is 2. The van der Waals surface area contributed by atoms with Gasteiger partial charge in [0, 0.05) is 25.2 Å². The molecular weight excluding hydrogens is 371 g/mol. The van der Waals surface area contributed by atoms with Gasteiger partial charge in [0.2, 0.25) is 0 Å². The molecule has 5 nitrogen and oxygen atoms in total. The maximum atomic E-state index is 13.3. The lowest BCUT2D eigenvalue weighted by Crippen LogP contribution is -2.39. The number of halogens is 2. The first-order chi connectivity index (χ1) is 12.7. The van der Waals surface area contributed by atoms with Crippen LogP contribution in [0.5, 0.6) is 5.75 Å². The van der Waals surface area contributed by atoms with Crippen LogP contribution in [0.4, 0.5) is 9.18 Å². The molecule has 0 aromatic heterocycles. The fourth-order valence-electron chi connectivity index (χ4n) is 3.11. The molecule has 0 saturated heterocycles. The average molecular weight is 401 g/mol. The van der Waals surface area contributed by atoms with Gasteiger partial charge in [-0.25, -0.2) is 9.18 Å². The highest BCUT2D eigenvalue weighted by Crippen LogP contribution is 2.24. The summed E-state index contributed by atoms with van der Waals surface area (Å²) in [6.45, 7) is 7.41. The van der Waals surface area contributed by atoms with Crippen LogP contribution < -0.4 is 15.4 Å². The van der Waals surface area contributed by atoms with Crippen LogP contribution in [0.25, 0.3) is 0 Å². The minimum atomic E-state index is -0.472. The quantitative estimate of drug-likeness (QED) is 0.660. The summed E-state index contributed by atoms with van der Waals surface area (Å²) < 4.78 is 24.1. The Labute approximate surface area is 165 Å². The van der Waals surface area contributed by atoms with Gasteiger partial charge in [0.1, 0.15) is 23.8 Å². The number of rotatable bonds is 7. The summed E-state index contributed by atoms with van der Waals surface area (Å²) in [4.78, 5) is 11.7. The Kier molecular flexibility index (Phi) is 8.17. The first kappa shape index (κ1) is 21.8. The lowest BCUT2D eigenvalue weighted by Gasteiger charge is -2.29. The predicted octanol–water partition coefficient (Wildman–Crippen LogP) is 4.53. The van der Waals surface area contributed by atoms with E-state index in [2.05, 4.69) is 10.6 Å². The lowest BCUT2D eigenvalue weighted by molar-refractivity contribution is 0.0514. The number of carbonyl (C=O) groups excluding carboxylic acids is 1. The Morgan fingerprint density at radius 2 is 1.96 bits per heavy atom. The molecule has 0 atom stereocenters. The van der Waals surface area contributed by atoms with Crippen LogP contribution in [-0.2, 0) is 4.74 Å². The Hall–Kier alpha value is -1.53. The number of benzene rings is 1. The second-order valence-electron chi connectivity index (χ2n) is 7.98. The SMILES string of the molecule is CC(C)(C)OC(=O)NCC1CCC(NCCOc2ccc(Cl)c(F)c2)CC1. The van der Waals surface area contributed by atoms with Gasteiger partial charge in [-0.2, -0.15) is 0 Å². The van der Waals surface area contributed by atoms with Gasteiger partial charge in [0.25, 0.3) is 0 Å². The largest absolute Gasteiger partial charge is 0.492 e. The Morgan fingerprint density at radius 3 is 2.59 bits per heavy atom. The minimum absolute atomic E-state index is 0.0957. The minimum Gasteiger partial charge on any atom is -0.492 e. The van der Waals surface area contributed by atoms with E-state index in [0.717, 1.165) is 25.7 Å². The highest BCUT2D eigenvalue weighted by atomic mass is 35.5. The van der Waals surface area contributed by atoms with Crippen molar-refractivity contribution in [3.05, 3.63) is 29.0 Å². The fraction of sp³-hybridized carbons (Fsp3) is 0.650. The number of hydrogen-bond acceptors (Lipinski definition) is 4. The van der Waals surface area contributed by atoms with Gasteiger partial charge >= 0.3 is 6.09 Å². The van der Waals surface area contributed by atoms with Crippen molar-refractivity contribution in [1.29, 1.82) is 0 Å². The van der Waals surface area contributed by atoms with E-state index in [9.17, 15) is 9.18 Å². The maximum Gasteiger partial charge on any atom is 0.407 e. The van der Waals surface area contributed by atoms with Crippen LogP contribution in [0.2, 0.25) is 5.02 Å². The number of amides is 1. The Balaban J connectivity index is 1.56. The third-order valence-corrected chi connectivity index (χ3v) is 4.78. The van der Waals surface area contributed by atoms with E-state index in [1.54, 1.807) is 6.07 Å². The molecular formula is C20H30ClFN2O3. The fourth-order valence-corrected chi connectivity index (χ4v) is 3.23. The van der Waals surface area contributed by atoms with Crippen LogP contribution in [-0.4, -0.2) is 37.4 Å². The molecule has 0 unspecified atom stereocenters. The number of ether oxygens (including phenoxy) is 2. The van der Waals surface area contributed by atoms with E-state index in [1.807, 2.05) is 20.8 Å². The number of alkyl carbamates (subject to hydrolysis) is 1. The van der Waals surface area contributed by atoms with Crippen LogP contribution in [0.15, 0.2) is 18.2 Å². The van der Waals surface area contributed by atoms with E-state index < -0.39 is 11.4 Å². The summed E-state index contributed by atoms with van der Waals surface area (Å²) in [7, 11) is 0. The molecule has 152 valence electrons. The molecule has 1 fully saturated rings. The normalized spacial score (nSPS) is 20.2. The van der Waals surface area contributed by atoms with Gasteiger partial charge in [-0.3, -0.25) is 0 Å². The molecule has 1 aromatic carbocycles. The molecule has 1 saturated carbocycles. The van der Waals surface area contributed by atoms with Crippen LogP contribution in [0.1, 0.15) is 46.5 Å². The smallest absolute Gasteiger partial charge is 0.407 e. The lowest BCUT2D eigenvalue weighted by atomic mass is 9.86. The zero-order valence-electron chi connectivity index (χ0n) is 16.3. The van der Waals surface area contributed by atoms with Crippen LogP contribution in [0, 0.1) is 11.7 Å². The van der Waals surface area contributed by atoms with Gasteiger partial charge < -0.3 is 20.1 Å². The van der Waals surface area contributed by atoms with E-state index in [1.165, 1.54) is 12.1 Å². The first-order valence-corrected chi connectivity index (χ1v) is 9.89. The van der Waals surface area contributed by atoms with Crippen molar-refractivity contribution in [2.45, 2.75) is 58.1 Å². The zero-order chi connectivity index (χ0) is 19.9. The molecule has 27 heavy (non-hydrogen) atoms. The second-order valence-corrected chi connectivity index (χ2v) is 8.39. The molecule has 0 spiro atoms. The van der Waals surface area contributed by atoms with Crippen LogP contribution in [0.3, 0.4) is 0 Å². The number of carbonyl (C=O) groups is 1. The van der Waals surface area contributed by atoms with Crippen molar-refractivity contribution in [2.75, 3.05) is 19.7 Å². The Bertz CT molecular complexity index is 614. The summed E-state index contributed by atoms with van der Waals surface area (Å²) in [5.41, 5.74) is -0.467. The second kappa shape index (κ2) is 10.1. The van der Waals surface area contributed by atoms with E-state index in [-0.39, 0.29) is 11.1 Å². The van der Waals surface area contributed by atoms with Gasteiger partial charge in [-0.05, 0) is 64.5 Å². The third kappa shape index (κ3) is 8.35. The third-order valence-electron chi connectivity index (χ3n) is 4.48.